The largest absolute Gasteiger partial charge is 0.369 e. The van der Waals surface area contributed by atoms with E-state index in [0.29, 0.717) is 5.56 Å². The zero-order valence-electron chi connectivity index (χ0n) is 10.1. The molecule has 0 aliphatic heterocycles. The maximum Gasteiger partial charge on any atom is 0.224 e. The van der Waals surface area contributed by atoms with Crippen molar-refractivity contribution in [3.05, 3.63) is 59.9 Å². The van der Waals surface area contributed by atoms with Crippen LogP contribution in [0.4, 0.5) is 4.39 Å². The number of halogens is 1. The molecule has 2 N–H and O–H groups in total. The van der Waals surface area contributed by atoms with Crippen LogP contribution in [0.2, 0.25) is 0 Å². The number of benzene rings is 2. The zero-order chi connectivity index (χ0) is 13.1. The predicted molar refractivity (Wildman–Crippen MR) is 69.4 cm³/mol. The van der Waals surface area contributed by atoms with Crippen LogP contribution in [-0.2, 0) is 4.79 Å². The second kappa shape index (κ2) is 5.00. The molecular weight excluding hydrogens is 229 g/mol. The van der Waals surface area contributed by atoms with Gasteiger partial charge in [0, 0.05) is 0 Å². The summed E-state index contributed by atoms with van der Waals surface area (Å²) in [5.74, 6) is -1.54. The summed E-state index contributed by atoms with van der Waals surface area (Å²) in [6.07, 6.45) is 0. The number of hydrogen-bond acceptors (Lipinski definition) is 1. The Kier molecular flexibility index (Phi) is 3.42. The van der Waals surface area contributed by atoms with Gasteiger partial charge in [0.2, 0.25) is 5.91 Å². The minimum Gasteiger partial charge on any atom is -0.369 e. The average Bonchev–Trinajstić information content (AvgIpc) is 2.38. The summed E-state index contributed by atoms with van der Waals surface area (Å²) in [7, 11) is 0. The van der Waals surface area contributed by atoms with Crippen molar-refractivity contribution in [2.45, 2.75) is 12.8 Å². The lowest BCUT2D eigenvalue weighted by atomic mass is 9.96. The average molecular weight is 243 g/mol. The van der Waals surface area contributed by atoms with E-state index in [9.17, 15) is 9.18 Å². The fraction of sp³-hybridized carbons (Fsp3) is 0.133. The molecule has 0 bridgehead atoms. The highest BCUT2D eigenvalue weighted by Crippen LogP contribution is 2.25. The van der Waals surface area contributed by atoms with Crippen LogP contribution in [0.3, 0.4) is 0 Å². The Hall–Kier alpha value is -2.16. The van der Waals surface area contributed by atoms with Crippen molar-refractivity contribution in [1.82, 2.24) is 0 Å². The van der Waals surface area contributed by atoms with E-state index < -0.39 is 17.6 Å². The number of primary amides is 1. The maximum absolute atomic E-state index is 13.9. The fourth-order valence-corrected chi connectivity index (χ4v) is 1.84. The summed E-state index contributed by atoms with van der Waals surface area (Å²) >= 11 is 0. The van der Waals surface area contributed by atoms with Crippen LogP contribution in [0.15, 0.2) is 48.5 Å². The minimum atomic E-state index is -0.616. The van der Waals surface area contributed by atoms with E-state index >= 15 is 0 Å². The number of hydrogen-bond donors (Lipinski definition) is 1. The molecule has 0 aliphatic rings. The third-order valence-electron chi connectivity index (χ3n) is 3.00. The lowest BCUT2D eigenvalue weighted by Crippen LogP contribution is -2.19. The molecule has 0 fully saturated rings. The Labute approximate surface area is 105 Å². The number of rotatable bonds is 3. The van der Waals surface area contributed by atoms with Gasteiger partial charge in [-0.15, -0.1) is 0 Å². The van der Waals surface area contributed by atoms with Crippen molar-refractivity contribution in [1.29, 1.82) is 0 Å². The van der Waals surface area contributed by atoms with Crippen molar-refractivity contribution in [3.63, 3.8) is 0 Å². The van der Waals surface area contributed by atoms with Crippen LogP contribution >= 0.6 is 0 Å². The Morgan fingerprint density at radius 3 is 2.33 bits per heavy atom. The van der Waals surface area contributed by atoms with E-state index in [1.807, 2.05) is 30.3 Å². The van der Waals surface area contributed by atoms with E-state index in [1.54, 1.807) is 19.1 Å². The van der Waals surface area contributed by atoms with Gasteiger partial charge in [0.1, 0.15) is 5.82 Å². The molecule has 92 valence electrons. The summed E-state index contributed by atoms with van der Waals surface area (Å²) in [6, 6.07) is 14.4. The minimum absolute atomic E-state index is 0.335. The lowest BCUT2D eigenvalue weighted by Gasteiger charge is -2.10. The molecule has 0 aliphatic carbocycles. The molecule has 1 amide bonds. The van der Waals surface area contributed by atoms with E-state index in [-0.39, 0.29) is 0 Å². The first-order valence-corrected chi connectivity index (χ1v) is 5.74. The van der Waals surface area contributed by atoms with Crippen LogP contribution in [0, 0.1) is 5.82 Å². The van der Waals surface area contributed by atoms with Crippen molar-refractivity contribution in [2.24, 2.45) is 5.73 Å². The number of amides is 1. The Balaban J connectivity index is 2.40. The van der Waals surface area contributed by atoms with Gasteiger partial charge in [-0.1, -0.05) is 42.5 Å². The molecule has 0 spiro atoms. The van der Waals surface area contributed by atoms with Crippen LogP contribution < -0.4 is 5.73 Å². The molecular formula is C15H14FNO. The van der Waals surface area contributed by atoms with Gasteiger partial charge in [0.05, 0.1) is 5.92 Å². The quantitative estimate of drug-likeness (QED) is 0.884. The van der Waals surface area contributed by atoms with Crippen molar-refractivity contribution >= 4 is 5.91 Å². The van der Waals surface area contributed by atoms with Crippen LogP contribution in [-0.4, -0.2) is 5.91 Å². The highest BCUT2D eigenvalue weighted by Gasteiger charge is 2.16. The van der Waals surface area contributed by atoms with Gasteiger partial charge < -0.3 is 5.73 Å². The molecule has 2 rings (SSSR count). The molecule has 18 heavy (non-hydrogen) atoms. The van der Waals surface area contributed by atoms with Crippen molar-refractivity contribution in [3.8, 4) is 11.1 Å². The fourth-order valence-electron chi connectivity index (χ4n) is 1.84. The molecule has 3 heteroatoms. The Morgan fingerprint density at radius 1 is 1.11 bits per heavy atom. The van der Waals surface area contributed by atoms with Gasteiger partial charge in [0.25, 0.3) is 0 Å². The first kappa shape index (κ1) is 12.3. The molecule has 2 nitrogen and oxygen atoms in total. The van der Waals surface area contributed by atoms with E-state index in [1.165, 1.54) is 6.07 Å². The van der Waals surface area contributed by atoms with Crippen LogP contribution in [0.5, 0.6) is 0 Å². The van der Waals surface area contributed by atoms with Crippen molar-refractivity contribution < 1.29 is 9.18 Å². The molecule has 1 atom stereocenters. The molecule has 2 aromatic rings. The molecule has 2 aromatic carbocycles. The summed E-state index contributed by atoms with van der Waals surface area (Å²) in [5.41, 5.74) is 7.24. The normalized spacial score (nSPS) is 12.1. The predicted octanol–water partition coefficient (Wildman–Crippen LogP) is 3.08. The highest BCUT2D eigenvalue weighted by molar-refractivity contribution is 5.81. The smallest absolute Gasteiger partial charge is 0.224 e. The topological polar surface area (TPSA) is 43.1 Å². The number of carbonyl (C=O) groups excluding carboxylic acids is 1. The van der Waals surface area contributed by atoms with Gasteiger partial charge >= 0.3 is 0 Å². The molecule has 0 saturated carbocycles. The monoisotopic (exact) mass is 243 g/mol. The molecule has 0 aromatic heterocycles. The van der Waals surface area contributed by atoms with Gasteiger partial charge in [-0.2, -0.15) is 0 Å². The van der Waals surface area contributed by atoms with Crippen molar-refractivity contribution in [2.75, 3.05) is 0 Å². The number of nitrogens with two attached hydrogens (primary N) is 1. The molecule has 0 radical (unpaired) electrons. The third-order valence-corrected chi connectivity index (χ3v) is 3.00. The Morgan fingerprint density at radius 2 is 1.78 bits per heavy atom. The summed E-state index contributed by atoms with van der Waals surface area (Å²) in [4.78, 5) is 11.1. The van der Waals surface area contributed by atoms with Crippen LogP contribution in [0.25, 0.3) is 11.1 Å². The summed E-state index contributed by atoms with van der Waals surface area (Å²) < 4.78 is 13.9. The lowest BCUT2D eigenvalue weighted by molar-refractivity contribution is -0.119. The maximum atomic E-state index is 13.9. The van der Waals surface area contributed by atoms with Gasteiger partial charge in [0.15, 0.2) is 0 Å². The van der Waals surface area contributed by atoms with Gasteiger partial charge in [-0.25, -0.2) is 4.39 Å². The first-order chi connectivity index (χ1) is 8.59. The molecule has 0 saturated heterocycles. The highest BCUT2D eigenvalue weighted by atomic mass is 19.1. The third kappa shape index (κ3) is 2.40. The summed E-state index contributed by atoms with van der Waals surface area (Å²) in [6.45, 7) is 1.60. The van der Waals surface area contributed by atoms with Gasteiger partial charge in [-0.3, -0.25) is 4.79 Å². The first-order valence-electron chi connectivity index (χ1n) is 5.74. The SMILES string of the molecule is CC(C(N)=O)c1ccc(-c2ccccc2)cc1F. The molecule has 0 heterocycles. The molecule has 1 unspecified atom stereocenters. The van der Waals surface area contributed by atoms with Crippen LogP contribution in [0.1, 0.15) is 18.4 Å². The Bertz CT molecular complexity index is 566. The zero-order valence-corrected chi connectivity index (χ0v) is 10.1. The van der Waals surface area contributed by atoms with E-state index in [2.05, 4.69) is 0 Å². The summed E-state index contributed by atoms with van der Waals surface area (Å²) in [5, 5.41) is 0. The standard InChI is InChI=1S/C15H14FNO/c1-10(15(17)18)13-8-7-12(9-14(13)16)11-5-3-2-4-6-11/h2-10H,1H3,(H2,17,18). The van der Waals surface area contributed by atoms with E-state index in [0.717, 1.165) is 11.1 Å². The van der Waals surface area contributed by atoms with E-state index in [4.69, 9.17) is 5.73 Å². The second-order valence-electron chi connectivity index (χ2n) is 4.23. The second-order valence-corrected chi connectivity index (χ2v) is 4.23. The van der Waals surface area contributed by atoms with Gasteiger partial charge in [-0.05, 0) is 29.7 Å². The number of carbonyl (C=O) groups is 1.